The summed E-state index contributed by atoms with van der Waals surface area (Å²) in [5, 5.41) is 13.4. The van der Waals surface area contributed by atoms with Crippen LogP contribution in [0.3, 0.4) is 0 Å². The summed E-state index contributed by atoms with van der Waals surface area (Å²) in [4.78, 5) is 33.8. The first-order valence-corrected chi connectivity index (χ1v) is 5.98. The SMILES string of the molecule is CC(=O)N/C(=C\c1ccccc1)C(=O)N[C@@H](C)C(=O)O. The van der Waals surface area contributed by atoms with Crippen LogP contribution in [0.2, 0.25) is 0 Å². The van der Waals surface area contributed by atoms with Crippen molar-refractivity contribution in [3.8, 4) is 0 Å². The molecule has 1 aromatic rings. The Kier molecular flexibility index (Phi) is 5.46. The summed E-state index contributed by atoms with van der Waals surface area (Å²) in [5.41, 5.74) is 0.714. The number of amides is 2. The minimum absolute atomic E-state index is 0.00296. The zero-order valence-electron chi connectivity index (χ0n) is 11.2. The number of benzene rings is 1. The van der Waals surface area contributed by atoms with Gasteiger partial charge in [0.25, 0.3) is 5.91 Å². The average molecular weight is 276 g/mol. The molecule has 0 fully saturated rings. The number of carbonyl (C=O) groups excluding carboxylic acids is 2. The third-order valence-corrected chi connectivity index (χ3v) is 2.38. The summed E-state index contributed by atoms with van der Waals surface area (Å²) in [7, 11) is 0. The third-order valence-electron chi connectivity index (χ3n) is 2.38. The zero-order valence-corrected chi connectivity index (χ0v) is 11.2. The zero-order chi connectivity index (χ0) is 15.1. The number of carboxylic acid groups (broad SMARTS) is 1. The predicted octanol–water partition coefficient (Wildman–Crippen LogP) is 0.753. The lowest BCUT2D eigenvalue weighted by Gasteiger charge is -2.12. The smallest absolute Gasteiger partial charge is 0.325 e. The van der Waals surface area contributed by atoms with Crippen molar-refractivity contribution in [3.05, 3.63) is 41.6 Å². The molecule has 0 bridgehead atoms. The molecule has 1 rings (SSSR count). The molecule has 1 atom stereocenters. The summed E-state index contributed by atoms with van der Waals surface area (Å²) < 4.78 is 0. The second-order valence-electron chi connectivity index (χ2n) is 4.18. The highest BCUT2D eigenvalue weighted by Crippen LogP contribution is 2.05. The summed E-state index contributed by atoms with van der Waals surface area (Å²) in [5.74, 6) is -2.22. The predicted molar refractivity (Wildman–Crippen MR) is 73.5 cm³/mol. The van der Waals surface area contributed by atoms with Crippen molar-refractivity contribution in [1.29, 1.82) is 0 Å². The molecule has 0 aliphatic rings. The lowest BCUT2D eigenvalue weighted by molar-refractivity contribution is -0.140. The Morgan fingerprint density at radius 3 is 2.30 bits per heavy atom. The maximum atomic E-state index is 11.9. The highest BCUT2D eigenvalue weighted by molar-refractivity contribution is 6.02. The molecule has 0 radical (unpaired) electrons. The van der Waals surface area contributed by atoms with Crippen molar-refractivity contribution in [1.82, 2.24) is 10.6 Å². The molecule has 0 aromatic heterocycles. The van der Waals surface area contributed by atoms with Crippen LogP contribution in [0, 0.1) is 0 Å². The van der Waals surface area contributed by atoms with Crippen molar-refractivity contribution in [2.45, 2.75) is 19.9 Å². The molecular weight excluding hydrogens is 260 g/mol. The Hall–Kier alpha value is -2.63. The number of carbonyl (C=O) groups is 3. The van der Waals surface area contributed by atoms with Gasteiger partial charge in [0.2, 0.25) is 5.91 Å². The minimum Gasteiger partial charge on any atom is -0.480 e. The summed E-state index contributed by atoms with van der Waals surface area (Å²) in [6, 6.07) is 7.87. The van der Waals surface area contributed by atoms with Gasteiger partial charge in [0, 0.05) is 6.92 Å². The Morgan fingerprint density at radius 2 is 1.80 bits per heavy atom. The summed E-state index contributed by atoms with van der Waals surface area (Å²) in [6.45, 7) is 2.61. The molecule has 20 heavy (non-hydrogen) atoms. The van der Waals surface area contributed by atoms with Crippen LogP contribution in [0.5, 0.6) is 0 Å². The normalized spacial score (nSPS) is 12.4. The van der Waals surface area contributed by atoms with E-state index in [1.165, 1.54) is 19.9 Å². The van der Waals surface area contributed by atoms with Crippen molar-refractivity contribution in [2.75, 3.05) is 0 Å². The molecule has 0 aliphatic carbocycles. The van der Waals surface area contributed by atoms with Crippen LogP contribution in [0.4, 0.5) is 0 Å². The van der Waals surface area contributed by atoms with Crippen molar-refractivity contribution >= 4 is 23.9 Å². The van der Waals surface area contributed by atoms with E-state index < -0.39 is 23.8 Å². The minimum atomic E-state index is -1.15. The fourth-order valence-corrected chi connectivity index (χ4v) is 1.40. The number of rotatable bonds is 5. The highest BCUT2D eigenvalue weighted by atomic mass is 16.4. The van der Waals surface area contributed by atoms with E-state index in [4.69, 9.17) is 5.11 Å². The fourth-order valence-electron chi connectivity index (χ4n) is 1.40. The maximum Gasteiger partial charge on any atom is 0.325 e. The van der Waals surface area contributed by atoms with E-state index in [2.05, 4.69) is 10.6 Å². The van der Waals surface area contributed by atoms with Crippen LogP contribution in [0.1, 0.15) is 19.4 Å². The summed E-state index contributed by atoms with van der Waals surface area (Å²) in [6.07, 6.45) is 1.48. The van der Waals surface area contributed by atoms with Gasteiger partial charge in [-0.05, 0) is 18.6 Å². The second kappa shape index (κ2) is 7.08. The highest BCUT2D eigenvalue weighted by Gasteiger charge is 2.17. The first kappa shape index (κ1) is 15.4. The first-order valence-electron chi connectivity index (χ1n) is 5.98. The maximum absolute atomic E-state index is 11.9. The van der Waals surface area contributed by atoms with Gasteiger partial charge in [-0.2, -0.15) is 0 Å². The molecule has 3 N–H and O–H groups in total. The van der Waals surface area contributed by atoms with Gasteiger partial charge in [-0.3, -0.25) is 14.4 Å². The van der Waals surface area contributed by atoms with Gasteiger partial charge in [-0.15, -0.1) is 0 Å². The molecule has 1 aromatic carbocycles. The molecule has 106 valence electrons. The Bertz CT molecular complexity index is 537. The van der Waals surface area contributed by atoms with Gasteiger partial charge < -0.3 is 15.7 Å². The average Bonchev–Trinajstić information content (AvgIpc) is 2.38. The molecule has 6 heteroatoms. The van der Waals surface area contributed by atoms with E-state index in [-0.39, 0.29) is 5.70 Å². The van der Waals surface area contributed by atoms with Gasteiger partial charge in [-0.25, -0.2) is 0 Å². The molecule has 0 aliphatic heterocycles. The van der Waals surface area contributed by atoms with Crippen molar-refractivity contribution in [2.24, 2.45) is 0 Å². The van der Waals surface area contributed by atoms with Crippen molar-refractivity contribution < 1.29 is 19.5 Å². The van der Waals surface area contributed by atoms with Gasteiger partial charge in [0.15, 0.2) is 0 Å². The van der Waals surface area contributed by atoms with Crippen LogP contribution in [0.15, 0.2) is 36.0 Å². The van der Waals surface area contributed by atoms with Gasteiger partial charge in [-0.1, -0.05) is 30.3 Å². The monoisotopic (exact) mass is 276 g/mol. The van der Waals surface area contributed by atoms with Crippen LogP contribution >= 0.6 is 0 Å². The molecule has 0 heterocycles. The van der Waals surface area contributed by atoms with Crippen LogP contribution < -0.4 is 10.6 Å². The summed E-state index contributed by atoms with van der Waals surface area (Å²) >= 11 is 0. The first-order chi connectivity index (χ1) is 9.40. The number of hydrogen-bond acceptors (Lipinski definition) is 3. The number of aliphatic carboxylic acids is 1. The Morgan fingerprint density at radius 1 is 1.20 bits per heavy atom. The van der Waals surface area contributed by atoms with E-state index in [9.17, 15) is 14.4 Å². The molecule has 2 amide bonds. The molecule has 6 nitrogen and oxygen atoms in total. The standard InChI is InChI=1S/C14H16N2O4/c1-9(14(19)20)15-13(18)12(16-10(2)17)8-11-6-4-3-5-7-11/h3-9H,1-2H3,(H,15,18)(H,16,17)(H,19,20)/b12-8-/t9-/m0/s1. The molecule has 0 saturated carbocycles. The van der Waals surface area contributed by atoms with Gasteiger partial charge in [0.05, 0.1) is 0 Å². The van der Waals surface area contributed by atoms with E-state index in [1.54, 1.807) is 24.3 Å². The molecular formula is C14H16N2O4. The van der Waals surface area contributed by atoms with Crippen LogP contribution in [-0.2, 0) is 14.4 Å². The molecule has 0 unspecified atom stereocenters. The number of carboxylic acids is 1. The van der Waals surface area contributed by atoms with E-state index >= 15 is 0 Å². The lowest BCUT2D eigenvalue weighted by atomic mass is 10.2. The quantitative estimate of drug-likeness (QED) is 0.692. The third kappa shape index (κ3) is 4.93. The molecule has 0 saturated heterocycles. The van der Waals surface area contributed by atoms with Gasteiger partial charge in [0.1, 0.15) is 11.7 Å². The number of hydrogen-bond donors (Lipinski definition) is 3. The Labute approximate surface area is 116 Å². The fraction of sp³-hybridized carbons (Fsp3) is 0.214. The molecule has 0 spiro atoms. The second-order valence-corrected chi connectivity index (χ2v) is 4.18. The lowest BCUT2D eigenvalue weighted by Crippen LogP contribution is -2.42. The van der Waals surface area contributed by atoms with Crippen LogP contribution in [-0.4, -0.2) is 28.9 Å². The van der Waals surface area contributed by atoms with E-state index in [1.807, 2.05) is 6.07 Å². The van der Waals surface area contributed by atoms with Crippen molar-refractivity contribution in [3.63, 3.8) is 0 Å². The largest absolute Gasteiger partial charge is 0.480 e. The van der Waals surface area contributed by atoms with Crippen LogP contribution in [0.25, 0.3) is 6.08 Å². The van der Waals surface area contributed by atoms with E-state index in [0.29, 0.717) is 0 Å². The van der Waals surface area contributed by atoms with Gasteiger partial charge >= 0.3 is 5.97 Å². The van der Waals surface area contributed by atoms with E-state index in [0.717, 1.165) is 5.56 Å². The topological polar surface area (TPSA) is 95.5 Å². The number of nitrogens with one attached hydrogen (secondary N) is 2. The Balaban J connectivity index is 2.95.